The molecule has 2 aromatic carbocycles. The van der Waals surface area contributed by atoms with Crippen molar-refractivity contribution in [2.45, 2.75) is 20.0 Å². The number of imidazole rings is 1. The zero-order chi connectivity index (χ0) is 19.2. The van der Waals surface area contributed by atoms with E-state index in [1.165, 1.54) is 0 Å². The highest BCUT2D eigenvalue weighted by atomic mass is 16.2. The van der Waals surface area contributed by atoms with Crippen LogP contribution in [-0.2, 0) is 17.9 Å². The summed E-state index contributed by atoms with van der Waals surface area (Å²) in [6.07, 6.45) is 1.63. The Kier molecular flexibility index (Phi) is 5.66. The van der Waals surface area contributed by atoms with Crippen molar-refractivity contribution in [1.29, 1.82) is 0 Å². The van der Waals surface area contributed by atoms with Crippen molar-refractivity contribution in [2.75, 3.05) is 6.54 Å². The zero-order valence-corrected chi connectivity index (χ0v) is 15.2. The van der Waals surface area contributed by atoms with Gasteiger partial charge < -0.3 is 15.2 Å². The molecule has 3 aromatic rings. The number of nitrogens with one attached hydrogen (secondary N) is 2. The molecule has 3 rings (SSSR count). The second kappa shape index (κ2) is 8.31. The number of benzene rings is 2. The number of para-hydroxylation sites is 2. The fourth-order valence-corrected chi connectivity index (χ4v) is 2.79. The molecule has 6 heteroatoms. The third-order valence-electron chi connectivity index (χ3n) is 4.20. The monoisotopic (exact) mass is 362 g/mol. The molecule has 1 aromatic heterocycles. The molecule has 27 heavy (non-hydrogen) atoms. The molecule has 0 aliphatic heterocycles. The maximum Gasteiger partial charge on any atom is 0.251 e. The molecule has 0 unspecified atom stereocenters. The van der Waals surface area contributed by atoms with Gasteiger partial charge in [-0.15, -0.1) is 6.58 Å². The fourth-order valence-electron chi connectivity index (χ4n) is 2.79. The van der Waals surface area contributed by atoms with E-state index in [4.69, 9.17) is 0 Å². The van der Waals surface area contributed by atoms with Gasteiger partial charge in [0, 0.05) is 12.1 Å². The third kappa shape index (κ3) is 4.41. The van der Waals surface area contributed by atoms with E-state index in [0.29, 0.717) is 17.9 Å². The first kappa shape index (κ1) is 18.4. The van der Waals surface area contributed by atoms with Gasteiger partial charge in [-0.25, -0.2) is 4.98 Å². The number of rotatable bonds is 7. The molecular formula is C21H22N4O2. The Bertz CT molecular complexity index is 974. The van der Waals surface area contributed by atoms with E-state index >= 15 is 0 Å². The van der Waals surface area contributed by atoms with Crippen molar-refractivity contribution >= 4 is 22.8 Å². The van der Waals surface area contributed by atoms with Crippen LogP contribution < -0.4 is 10.6 Å². The van der Waals surface area contributed by atoms with E-state index in [1.54, 1.807) is 18.2 Å². The maximum atomic E-state index is 12.4. The second-order valence-corrected chi connectivity index (χ2v) is 6.24. The van der Waals surface area contributed by atoms with Crippen molar-refractivity contribution < 1.29 is 9.59 Å². The Morgan fingerprint density at radius 2 is 1.85 bits per heavy atom. The van der Waals surface area contributed by atoms with Gasteiger partial charge in [-0.1, -0.05) is 35.9 Å². The van der Waals surface area contributed by atoms with Gasteiger partial charge in [0.2, 0.25) is 5.91 Å². The lowest BCUT2D eigenvalue weighted by atomic mass is 10.1. The standard InChI is InChI=1S/C21H22N4O2/c1-3-12-22-20(26)14-25-18-7-5-4-6-17(18)24-19(25)13-23-21(27)16-10-8-15(2)9-11-16/h3-11H,1,12-14H2,2H3,(H,22,26)(H,23,27). The SMILES string of the molecule is C=CCNC(=O)Cn1c(CNC(=O)c2ccc(C)cc2)nc2ccccc21. The van der Waals surface area contributed by atoms with E-state index < -0.39 is 0 Å². The minimum absolute atomic E-state index is 0.129. The number of aryl methyl sites for hydroxylation is 1. The van der Waals surface area contributed by atoms with Crippen molar-refractivity contribution in [3.05, 3.63) is 78.1 Å². The Balaban J connectivity index is 1.79. The number of carbonyl (C=O) groups excluding carboxylic acids is 2. The molecular weight excluding hydrogens is 340 g/mol. The van der Waals surface area contributed by atoms with Crippen LogP contribution in [0.1, 0.15) is 21.7 Å². The molecule has 0 spiro atoms. The molecule has 0 aliphatic rings. The molecule has 0 radical (unpaired) electrons. The van der Waals surface area contributed by atoms with Gasteiger partial charge in [-0.05, 0) is 31.2 Å². The first-order valence-electron chi connectivity index (χ1n) is 8.75. The number of carbonyl (C=O) groups is 2. The van der Waals surface area contributed by atoms with Crippen LogP contribution in [0.25, 0.3) is 11.0 Å². The minimum Gasteiger partial charge on any atom is -0.351 e. The number of fused-ring (bicyclic) bond motifs is 1. The molecule has 0 saturated heterocycles. The van der Waals surface area contributed by atoms with E-state index in [9.17, 15) is 9.59 Å². The largest absolute Gasteiger partial charge is 0.351 e. The Hall–Kier alpha value is -3.41. The van der Waals surface area contributed by atoms with Crippen LogP contribution in [0.3, 0.4) is 0 Å². The second-order valence-electron chi connectivity index (χ2n) is 6.24. The summed E-state index contributed by atoms with van der Waals surface area (Å²) in [5.41, 5.74) is 3.32. The molecule has 0 atom stereocenters. The number of hydrogen-bond donors (Lipinski definition) is 2. The minimum atomic E-state index is -0.176. The first-order chi connectivity index (χ1) is 13.1. The molecule has 6 nitrogen and oxygen atoms in total. The number of aromatic nitrogens is 2. The highest BCUT2D eigenvalue weighted by molar-refractivity contribution is 5.94. The molecule has 138 valence electrons. The Morgan fingerprint density at radius 1 is 1.11 bits per heavy atom. The topological polar surface area (TPSA) is 76.0 Å². The smallest absolute Gasteiger partial charge is 0.251 e. The molecule has 0 bridgehead atoms. The molecule has 0 aliphatic carbocycles. The lowest BCUT2D eigenvalue weighted by Gasteiger charge is -2.10. The van der Waals surface area contributed by atoms with Crippen LogP contribution in [0.2, 0.25) is 0 Å². The van der Waals surface area contributed by atoms with Crippen molar-refractivity contribution in [3.63, 3.8) is 0 Å². The predicted octanol–water partition coefficient (Wildman–Crippen LogP) is 2.58. The molecule has 0 saturated carbocycles. The summed E-state index contributed by atoms with van der Waals surface area (Å²) < 4.78 is 1.82. The van der Waals surface area contributed by atoms with Crippen LogP contribution in [0.4, 0.5) is 0 Å². The molecule has 2 N–H and O–H groups in total. The summed E-state index contributed by atoms with van der Waals surface area (Å²) in [4.78, 5) is 29.1. The highest BCUT2D eigenvalue weighted by Gasteiger charge is 2.14. The van der Waals surface area contributed by atoms with Crippen LogP contribution in [0, 0.1) is 6.92 Å². The van der Waals surface area contributed by atoms with Crippen molar-refractivity contribution in [1.82, 2.24) is 20.2 Å². The number of nitrogens with zero attached hydrogens (tertiary/aromatic N) is 2. The van der Waals surface area contributed by atoms with Crippen LogP contribution in [-0.4, -0.2) is 27.9 Å². The number of amides is 2. The fraction of sp³-hybridized carbons (Fsp3) is 0.190. The van der Waals surface area contributed by atoms with Gasteiger partial charge in [0.25, 0.3) is 5.91 Å². The quantitative estimate of drug-likeness (QED) is 0.634. The van der Waals surface area contributed by atoms with E-state index in [2.05, 4.69) is 22.2 Å². The van der Waals surface area contributed by atoms with Gasteiger partial charge in [-0.3, -0.25) is 9.59 Å². The lowest BCUT2D eigenvalue weighted by molar-refractivity contribution is -0.121. The first-order valence-corrected chi connectivity index (χ1v) is 8.75. The van der Waals surface area contributed by atoms with Crippen LogP contribution >= 0.6 is 0 Å². The van der Waals surface area contributed by atoms with Crippen molar-refractivity contribution in [2.24, 2.45) is 0 Å². The van der Waals surface area contributed by atoms with Crippen LogP contribution in [0.5, 0.6) is 0 Å². The molecule has 2 amide bonds. The summed E-state index contributed by atoms with van der Waals surface area (Å²) in [6, 6.07) is 15.0. The van der Waals surface area contributed by atoms with Gasteiger partial charge >= 0.3 is 0 Å². The van der Waals surface area contributed by atoms with E-state index in [0.717, 1.165) is 16.6 Å². The summed E-state index contributed by atoms with van der Waals surface area (Å²) in [5.74, 6) is 0.319. The summed E-state index contributed by atoms with van der Waals surface area (Å²) in [7, 11) is 0. The Labute approximate surface area is 157 Å². The predicted molar refractivity (Wildman–Crippen MR) is 105 cm³/mol. The average molecular weight is 362 g/mol. The van der Waals surface area contributed by atoms with E-state index in [-0.39, 0.29) is 24.9 Å². The Morgan fingerprint density at radius 3 is 2.59 bits per heavy atom. The lowest BCUT2D eigenvalue weighted by Crippen LogP contribution is -2.30. The van der Waals surface area contributed by atoms with E-state index in [1.807, 2.05) is 47.9 Å². The maximum absolute atomic E-state index is 12.4. The van der Waals surface area contributed by atoms with Crippen molar-refractivity contribution in [3.8, 4) is 0 Å². The zero-order valence-electron chi connectivity index (χ0n) is 15.2. The highest BCUT2D eigenvalue weighted by Crippen LogP contribution is 2.16. The third-order valence-corrected chi connectivity index (χ3v) is 4.20. The number of hydrogen-bond acceptors (Lipinski definition) is 3. The normalized spacial score (nSPS) is 10.6. The molecule has 0 fully saturated rings. The summed E-state index contributed by atoms with van der Waals surface area (Å²) in [6.45, 7) is 6.34. The van der Waals surface area contributed by atoms with Gasteiger partial charge in [0.05, 0.1) is 17.6 Å². The molecule has 1 heterocycles. The summed E-state index contributed by atoms with van der Waals surface area (Å²) in [5, 5.41) is 5.65. The van der Waals surface area contributed by atoms with Gasteiger partial charge in [-0.2, -0.15) is 0 Å². The summed E-state index contributed by atoms with van der Waals surface area (Å²) >= 11 is 0. The van der Waals surface area contributed by atoms with Gasteiger partial charge in [0.1, 0.15) is 12.4 Å². The van der Waals surface area contributed by atoms with Gasteiger partial charge in [0.15, 0.2) is 0 Å². The van der Waals surface area contributed by atoms with Crippen LogP contribution in [0.15, 0.2) is 61.2 Å². The average Bonchev–Trinajstić information content (AvgIpc) is 3.02.